The van der Waals surface area contributed by atoms with Gasteiger partial charge in [-0.1, -0.05) is 17.7 Å². The van der Waals surface area contributed by atoms with E-state index >= 15 is 0 Å². The molecule has 0 amide bonds. The zero-order valence-electron chi connectivity index (χ0n) is 13.8. The molecule has 2 unspecified atom stereocenters. The Balaban J connectivity index is 1.57. The quantitative estimate of drug-likeness (QED) is 0.668. The van der Waals surface area contributed by atoms with E-state index in [2.05, 4.69) is 15.2 Å². The molecular weight excluding hydrogens is 333 g/mol. The summed E-state index contributed by atoms with van der Waals surface area (Å²) in [5, 5.41) is 3.45. The maximum absolute atomic E-state index is 13.2. The van der Waals surface area contributed by atoms with E-state index in [0.29, 0.717) is 13.2 Å². The number of rotatable bonds is 3. The lowest BCUT2D eigenvalue weighted by atomic mass is 10.1. The molecule has 1 aromatic rings. The van der Waals surface area contributed by atoms with E-state index in [-0.39, 0.29) is 17.2 Å². The summed E-state index contributed by atoms with van der Waals surface area (Å²) in [5.74, 6) is 0.402. The van der Waals surface area contributed by atoms with Gasteiger partial charge >= 0.3 is 0 Å². The molecule has 7 heteroatoms. The second-order valence-electron chi connectivity index (χ2n) is 6.06. The number of benzene rings is 1. The Morgan fingerprint density at radius 2 is 2.21 bits per heavy atom. The minimum atomic E-state index is -0.405. The van der Waals surface area contributed by atoms with Gasteiger partial charge in [0.25, 0.3) is 0 Å². The molecule has 2 atom stereocenters. The SMILES string of the molecule is CN=C(NCc1ccc(F)c(Cl)c1)N1CCOC(C2CCCO2)C1. The van der Waals surface area contributed by atoms with Crippen molar-refractivity contribution in [2.45, 2.75) is 31.6 Å². The highest BCUT2D eigenvalue weighted by Crippen LogP contribution is 2.21. The maximum Gasteiger partial charge on any atom is 0.194 e. The summed E-state index contributed by atoms with van der Waals surface area (Å²) >= 11 is 5.83. The van der Waals surface area contributed by atoms with Gasteiger partial charge in [-0.3, -0.25) is 4.99 Å². The van der Waals surface area contributed by atoms with Crippen LogP contribution in [0.15, 0.2) is 23.2 Å². The number of morpholine rings is 1. The molecule has 0 radical (unpaired) electrons. The Kier molecular flexibility index (Phi) is 5.92. The van der Waals surface area contributed by atoms with Crippen molar-refractivity contribution < 1.29 is 13.9 Å². The van der Waals surface area contributed by atoms with E-state index in [1.807, 2.05) is 0 Å². The number of nitrogens with zero attached hydrogens (tertiary/aromatic N) is 2. The van der Waals surface area contributed by atoms with Gasteiger partial charge in [-0.25, -0.2) is 4.39 Å². The molecule has 0 spiro atoms. The zero-order chi connectivity index (χ0) is 16.9. The molecule has 1 aromatic carbocycles. The van der Waals surface area contributed by atoms with Gasteiger partial charge in [0.05, 0.1) is 17.7 Å². The smallest absolute Gasteiger partial charge is 0.194 e. The van der Waals surface area contributed by atoms with Gasteiger partial charge in [0, 0.05) is 33.3 Å². The van der Waals surface area contributed by atoms with E-state index in [1.54, 1.807) is 19.2 Å². The number of halogens is 2. The number of guanidine groups is 1. The van der Waals surface area contributed by atoms with Gasteiger partial charge in [0.1, 0.15) is 11.9 Å². The number of hydrogen-bond acceptors (Lipinski definition) is 3. The van der Waals surface area contributed by atoms with Crippen molar-refractivity contribution in [2.24, 2.45) is 4.99 Å². The number of nitrogens with one attached hydrogen (secondary N) is 1. The Morgan fingerprint density at radius 3 is 2.92 bits per heavy atom. The van der Waals surface area contributed by atoms with Crippen molar-refractivity contribution in [3.63, 3.8) is 0 Å². The van der Waals surface area contributed by atoms with E-state index in [9.17, 15) is 4.39 Å². The first kappa shape index (κ1) is 17.5. The summed E-state index contributed by atoms with van der Waals surface area (Å²) in [6.07, 6.45) is 2.42. The number of aliphatic imine (C=N–C) groups is 1. The molecule has 132 valence electrons. The van der Waals surface area contributed by atoms with Crippen LogP contribution in [0.25, 0.3) is 0 Å². The highest BCUT2D eigenvalue weighted by Gasteiger charge is 2.32. The summed E-state index contributed by atoms with van der Waals surface area (Å²) in [7, 11) is 1.76. The van der Waals surface area contributed by atoms with E-state index in [0.717, 1.165) is 44.1 Å². The van der Waals surface area contributed by atoms with E-state index in [4.69, 9.17) is 21.1 Å². The Hall–Kier alpha value is -1.37. The zero-order valence-corrected chi connectivity index (χ0v) is 14.6. The lowest BCUT2D eigenvalue weighted by molar-refractivity contribution is -0.0817. The molecule has 2 heterocycles. The molecule has 0 aliphatic carbocycles. The minimum absolute atomic E-state index is 0.0834. The van der Waals surface area contributed by atoms with Crippen LogP contribution in [0, 0.1) is 5.82 Å². The van der Waals surface area contributed by atoms with Crippen molar-refractivity contribution in [1.82, 2.24) is 10.2 Å². The van der Waals surface area contributed by atoms with Crippen molar-refractivity contribution in [1.29, 1.82) is 0 Å². The molecule has 1 N–H and O–H groups in total. The third kappa shape index (κ3) is 4.18. The monoisotopic (exact) mass is 355 g/mol. The van der Waals surface area contributed by atoms with Gasteiger partial charge in [0.15, 0.2) is 5.96 Å². The highest BCUT2D eigenvalue weighted by molar-refractivity contribution is 6.30. The first-order valence-electron chi connectivity index (χ1n) is 8.30. The summed E-state index contributed by atoms with van der Waals surface area (Å²) in [6.45, 7) is 3.56. The Labute approximate surface area is 146 Å². The lowest BCUT2D eigenvalue weighted by Gasteiger charge is -2.37. The van der Waals surface area contributed by atoms with Gasteiger partial charge in [-0.15, -0.1) is 0 Å². The standard InChI is InChI=1S/C17H23ClFN3O2/c1-20-17(21-10-12-4-5-14(19)13(18)9-12)22-6-8-24-16(11-22)15-3-2-7-23-15/h4-5,9,15-16H,2-3,6-8,10-11H2,1H3,(H,20,21). The van der Waals surface area contributed by atoms with Crippen LogP contribution in [-0.2, 0) is 16.0 Å². The van der Waals surface area contributed by atoms with Gasteiger partial charge in [0.2, 0.25) is 0 Å². The fraction of sp³-hybridized carbons (Fsp3) is 0.588. The fourth-order valence-electron chi connectivity index (χ4n) is 3.15. The van der Waals surface area contributed by atoms with Crippen LogP contribution in [0.2, 0.25) is 5.02 Å². The third-order valence-corrected chi connectivity index (χ3v) is 4.71. The number of hydrogen-bond donors (Lipinski definition) is 1. The summed E-state index contributed by atoms with van der Waals surface area (Å²) in [6, 6.07) is 4.73. The van der Waals surface area contributed by atoms with E-state index in [1.165, 1.54) is 6.07 Å². The van der Waals surface area contributed by atoms with Gasteiger partial charge in [-0.05, 0) is 30.5 Å². The van der Waals surface area contributed by atoms with Crippen molar-refractivity contribution in [3.05, 3.63) is 34.6 Å². The molecule has 0 aromatic heterocycles. The van der Waals surface area contributed by atoms with Crippen molar-refractivity contribution in [2.75, 3.05) is 33.4 Å². The summed E-state index contributed by atoms with van der Waals surface area (Å²) in [4.78, 5) is 6.54. The van der Waals surface area contributed by atoms with Crippen LogP contribution in [0.3, 0.4) is 0 Å². The second-order valence-corrected chi connectivity index (χ2v) is 6.46. The molecule has 24 heavy (non-hydrogen) atoms. The van der Waals surface area contributed by atoms with Gasteiger partial charge in [-0.2, -0.15) is 0 Å². The van der Waals surface area contributed by atoms with Crippen molar-refractivity contribution >= 4 is 17.6 Å². The number of ether oxygens (including phenoxy) is 2. The topological polar surface area (TPSA) is 46.1 Å². The lowest BCUT2D eigenvalue weighted by Crippen LogP contribution is -2.53. The van der Waals surface area contributed by atoms with Crippen LogP contribution < -0.4 is 5.32 Å². The van der Waals surface area contributed by atoms with Crippen LogP contribution in [0.4, 0.5) is 4.39 Å². The highest BCUT2D eigenvalue weighted by atomic mass is 35.5. The average Bonchev–Trinajstić information content (AvgIpc) is 3.13. The molecule has 0 saturated carbocycles. The first-order valence-corrected chi connectivity index (χ1v) is 8.68. The first-order chi connectivity index (χ1) is 11.7. The van der Waals surface area contributed by atoms with Crippen LogP contribution in [-0.4, -0.2) is 56.4 Å². The largest absolute Gasteiger partial charge is 0.375 e. The predicted molar refractivity (Wildman–Crippen MR) is 91.9 cm³/mol. The average molecular weight is 356 g/mol. The molecular formula is C17H23ClFN3O2. The minimum Gasteiger partial charge on any atom is -0.375 e. The normalized spacial score (nSPS) is 25.1. The Bertz CT molecular complexity index is 593. The van der Waals surface area contributed by atoms with Crippen LogP contribution in [0.1, 0.15) is 18.4 Å². The third-order valence-electron chi connectivity index (χ3n) is 4.42. The molecule has 3 rings (SSSR count). The molecule has 2 fully saturated rings. The molecule has 2 saturated heterocycles. The molecule has 2 aliphatic heterocycles. The van der Waals surface area contributed by atoms with Gasteiger partial charge < -0.3 is 19.7 Å². The van der Waals surface area contributed by atoms with Crippen LogP contribution >= 0.6 is 11.6 Å². The summed E-state index contributed by atoms with van der Waals surface area (Å²) in [5.41, 5.74) is 0.909. The van der Waals surface area contributed by atoms with Crippen LogP contribution in [0.5, 0.6) is 0 Å². The van der Waals surface area contributed by atoms with Crippen molar-refractivity contribution in [3.8, 4) is 0 Å². The molecule has 5 nitrogen and oxygen atoms in total. The molecule has 2 aliphatic rings. The maximum atomic E-state index is 13.2. The predicted octanol–water partition coefficient (Wildman–Crippen LogP) is 2.43. The summed E-state index contributed by atoms with van der Waals surface area (Å²) < 4.78 is 24.9. The fourth-order valence-corrected chi connectivity index (χ4v) is 3.35. The van der Waals surface area contributed by atoms with E-state index < -0.39 is 5.82 Å². The Morgan fingerprint density at radius 1 is 1.38 bits per heavy atom. The molecule has 0 bridgehead atoms. The second kappa shape index (κ2) is 8.14.